The van der Waals surface area contributed by atoms with Crippen LogP contribution in [0, 0.1) is 0 Å². The van der Waals surface area contributed by atoms with Crippen LogP contribution >= 0.6 is 11.6 Å². The van der Waals surface area contributed by atoms with E-state index < -0.39 is 26.4 Å². The van der Waals surface area contributed by atoms with E-state index in [9.17, 15) is 18.3 Å². The Balaban J connectivity index is 1.60. The van der Waals surface area contributed by atoms with Gasteiger partial charge in [-0.1, -0.05) is 36.9 Å². The van der Waals surface area contributed by atoms with Crippen LogP contribution in [0.1, 0.15) is 52.4 Å². The summed E-state index contributed by atoms with van der Waals surface area (Å²) in [6, 6.07) is 6.86. The summed E-state index contributed by atoms with van der Waals surface area (Å²) in [4.78, 5) is 15.5. The maximum absolute atomic E-state index is 13.6. The Kier molecular flexibility index (Phi) is 8.28. The fourth-order valence-electron chi connectivity index (χ4n) is 4.87. The van der Waals surface area contributed by atoms with Crippen LogP contribution in [0.5, 0.6) is 5.75 Å². The van der Waals surface area contributed by atoms with Crippen LogP contribution in [0.4, 0.5) is 5.69 Å². The quantitative estimate of drug-likeness (QED) is 0.550. The van der Waals surface area contributed by atoms with Gasteiger partial charge < -0.3 is 14.7 Å². The molecule has 0 spiro atoms. The van der Waals surface area contributed by atoms with Crippen LogP contribution in [0.2, 0.25) is 5.02 Å². The molecule has 2 aromatic rings. The van der Waals surface area contributed by atoms with Gasteiger partial charge in [0, 0.05) is 37.6 Å². The van der Waals surface area contributed by atoms with Gasteiger partial charge in [0.1, 0.15) is 5.69 Å². The van der Waals surface area contributed by atoms with E-state index in [0.29, 0.717) is 49.0 Å². The molecule has 2 heterocycles. The van der Waals surface area contributed by atoms with Crippen molar-refractivity contribution in [1.29, 1.82) is 0 Å². The summed E-state index contributed by atoms with van der Waals surface area (Å²) >= 11 is 6.13. The number of hydrogen-bond donors (Lipinski definition) is 1. The van der Waals surface area contributed by atoms with Crippen molar-refractivity contribution in [2.24, 2.45) is 0 Å². The molecule has 36 heavy (non-hydrogen) atoms. The summed E-state index contributed by atoms with van der Waals surface area (Å²) in [5, 5.41) is 15.3. The number of halogens is 1. The van der Waals surface area contributed by atoms with E-state index in [1.165, 1.54) is 8.99 Å². The highest BCUT2D eigenvalue weighted by Gasteiger charge is 2.32. The second kappa shape index (κ2) is 11.1. The predicted molar refractivity (Wildman–Crippen MR) is 141 cm³/mol. The summed E-state index contributed by atoms with van der Waals surface area (Å²) in [6.07, 6.45) is 6.59. The molecular formula is C25H35ClN4O5S. The summed E-state index contributed by atoms with van der Waals surface area (Å²) in [5.74, 6) is 0.143. The van der Waals surface area contributed by atoms with E-state index in [0.717, 1.165) is 32.1 Å². The standard InChI is InChI=1S/C25H35ClN4O5S/c1-19(2)36(33,34)29-14-12-28(13-15-29)22-18-27-30(21-8-6-7-20(26)17-21)24(31)23(22)35-16-11-25(32)9-4-3-5-10-25/h6-8,17-19,32H,3-5,9-16H2,1-2H3. The van der Waals surface area contributed by atoms with E-state index in [1.807, 2.05) is 4.90 Å². The monoisotopic (exact) mass is 538 g/mol. The number of hydrogen-bond acceptors (Lipinski definition) is 7. The third kappa shape index (κ3) is 5.88. The number of piperazine rings is 1. The Morgan fingerprint density at radius 2 is 1.83 bits per heavy atom. The first-order valence-electron chi connectivity index (χ1n) is 12.6. The lowest BCUT2D eigenvalue weighted by molar-refractivity contribution is -0.0137. The molecule has 1 aliphatic carbocycles. The van der Waals surface area contributed by atoms with Crippen molar-refractivity contribution in [2.45, 2.75) is 63.2 Å². The number of benzene rings is 1. The molecule has 1 aliphatic heterocycles. The van der Waals surface area contributed by atoms with Crippen molar-refractivity contribution >= 4 is 27.3 Å². The smallest absolute Gasteiger partial charge is 0.316 e. The lowest BCUT2D eigenvalue weighted by Gasteiger charge is -2.36. The number of ether oxygens (including phenoxy) is 1. The zero-order chi connectivity index (χ0) is 25.9. The second-order valence-corrected chi connectivity index (χ2v) is 12.8. The van der Waals surface area contributed by atoms with Gasteiger partial charge in [-0.15, -0.1) is 0 Å². The lowest BCUT2D eigenvalue weighted by atomic mass is 9.83. The van der Waals surface area contributed by atoms with Gasteiger partial charge in [0.15, 0.2) is 0 Å². The van der Waals surface area contributed by atoms with E-state index >= 15 is 0 Å². The van der Waals surface area contributed by atoms with E-state index in [1.54, 1.807) is 44.3 Å². The zero-order valence-corrected chi connectivity index (χ0v) is 22.5. The molecule has 0 atom stereocenters. The van der Waals surface area contributed by atoms with Crippen molar-refractivity contribution in [2.75, 3.05) is 37.7 Å². The molecule has 1 N–H and O–H groups in total. The van der Waals surface area contributed by atoms with Crippen LogP contribution in [-0.4, -0.2) is 71.2 Å². The first-order valence-corrected chi connectivity index (χ1v) is 14.5. The largest absolute Gasteiger partial charge is 0.486 e. The molecule has 11 heteroatoms. The second-order valence-electron chi connectivity index (χ2n) is 9.92. The third-order valence-corrected chi connectivity index (χ3v) is 9.61. The minimum atomic E-state index is -3.35. The number of aromatic nitrogens is 2. The minimum Gasteiger partial charge on any atom is -0.486 e. The average Bonchev–Trinajstić information content (AvgIpc) is 2.85. The maximum atomic E-state index is 13.6. The number of aliphatic hydroxyl groups is 1. The topological polar surface area (TPSA) is 105 Å². The first kappa shape index (κ1) is 26.9. The molecule has 0 unspecified atom stereocenters. The predicted octanol–water partition coefficient (Wildman–Crippen LogP) is 3.21. The summed E-state index contributed by atoms with van der Waals surface area (Å²) in [6.45, 7) is 5.00. The minimum absolute atomic E-state index is 0.143. The molecule has 1 saturated heterocycles. The number of nitrogens with zero attached hydrogens (tertiary/aromatic N) is 4. The molecule has 0 bridgehead atoms. The summed E-state index contributed by atoms with van der Waals surface area (Å²) < 4.78 is 34.0. The molecule has 2 aliphatic rings. The van der Waals surface area contributed by atoms with Gasteiger partial charge in [-0.05, 0) is 44.9 Å². The molecular weight excluding hydrogens is 504 g/mol. The molecule has 198 valence electrons. The van der Waals surface area contributed by atoms with Gasteiger partial charge >= 0.3 is 5.56 Å². The zero-order valence-electron chi connectivity index (χ0n) is 20.9. The number of rotatable bonds is 8. The highest BCUT2D eigenvalue weighted by molar-refractivity contribution is 7.89. The van der Waals surface area contributed by atoms with Crippen LogP contribution in [-0.2, 0) is 10.0 Å². The molecule has 1 saturated carbocycles. The molecule has 2 fully saturated rings. The number of sulfonamides is 1. The highest BCUT2D eigenvalue weighted by Crippen LogP contribution is 2.32. The van der Waals surface area contributed by atoms with Crippen LogP contribution in [0.25, 0.3) is 5.69 Å². The van der Waals surface area contributed by atoms with Gasteiger partial charge in [-0.3, -0.25) is 4.79 Å². The SMILES string of the molecule is CC(C)S(=O)(=O)N1CCN(c2cnn(-c3cccc(Cl)c3)c(=O)c2OCCC2(O)CCCCC2)CC1. The average molecular weight is 539 g/mol. The van der Waals surface area contributed by atoms with Crippen LogP contribution in [0.3, 0.4) is 0 Å². The Morgan fingerprint density at radius 1 is 1.14 bits per heavy atom. The summed E-state index contributed by atoms with van der Waals surface area (Å²) in [7, 11) is -3.35. The van der Waals surface area contributed by atoms with Crippen molar-refractivity contribution in [3.8, 4) is 11.4 Å². The first-order chi connectivity index (χ1) is 17.1. The fourth-order valence-corrected chi connectivity index (χ4v) is 6.32. The molecule has 0 amide bonds. The van der Waals surface area contributed by atoms with E-state index in [4.69, 9.17) is 16.3 Å². The van der Waals surface area contributed by atoms with Crippen LogP contribution in [0.15, 0.2) is 35.3 Å². The lowest BCUT2D eigenvalue weighted by Crippen LogP contribution is -2.50. The van der Waals surface area contributed by atoms with Crippen molar-refractivity contribution in [3.63, 3.8) is 0 Å². The van der Waals surface area contributed by atoms with Gasteiger partial charge in [0.2, 0.25) is 15.8 Å². The van der Waals surface area contributed by atoms with Crippen molar-refractivity contribution in [1.82, 2.24) is 14.1 Å². The Morgan fingerprint density at radius 3 is 2.47 bits per heavy atom. The van der Waals surface area contributed by atoms with E-state index in [-0.39, 0.29) is 12.4 Å². The molecule has 0 radical (unpaired) electrons. The molecule has 1 aromatic heterocycles. The van der Waals surface area contributed by atoms with Gasteiger partial charge in [0.05, 0.1) is 29.3 Å². The van der Waals surface area contributed by atoms with Crippen LogP contribution < -0.4 is 15.2 Å². The van der Waals surface area contributed by atoms with Gasteiger partial charge in [-0.2, -0.15) is 14.1 Å². The molecule has 4 rings (SSSR count). The normalized spacial score (nSPS) is 19.0. The summed E-state index contributed by atoms with van der Waals surface area (Å²) in [5.41, 5.74) is -0.158. The Bertz CT molecular complexity index is 1220. The van der Waals surface area contributed by atoms with Gasteiger partial charge in [-0.25, -0.2) is 8.42 Å². The maximum Gasteiger partial charge on any atom is 0.316 e. The van der Waals surface area contributed by atoms with Gasteiger partial charge in [0.25, 0.3) is 0 Å². The Hall–Kier alpha value is -2.14. The molecule has 1 aromatic carbocycles. The van der Waals surface area contributed by atoms with Crippen molar-refractivity contribution in [3.05, 3.63) is 45.8 Å². The molecule has 9 nitrogen and oxygen atoms in total. The number of anilines is 1. The highest BCUT2D eigenvalue weighted by atomic mass is 35.5. The van der Waals surface area contributed by atoms with E-state index in [2.05, 4.69) is 5.10 Å². The fraction of sp³-hybridized carbons (Fsp3) is 0.600. The third-order valence-electron chi connectivity index (χ3n) is 7.10. The van der Waals surface area contributed by atoms with Crippen molar-refractivity contribution < 1.29 is 18.3 Å². The Labute approximate surface area is 217 Å².